The Morgan fingerprint density at radius 2 is 2.27 bits per heavy atom. The largest absolute Gasteiger partial charge is 0.492 e. The van der Waals surface area contributed by atoms with Crippen LogP contribution in [0.1, 0.15) is 29.8 Å². The molecule has 1 aromatic rings. The van der Waals surface area contributed by atoms with Gasteiger partial charge in [-0.05, 0) is 41.9 Å². The molecule has 0 N–H and O–H groups in total. The maximum Gasteiger partial charge on any atom is 0.159 e. The molecule has 4 heteroatoms. The van der Waals surface area contributed by atoms with Crippen LogP contribution in [0.4, 0.5) is 0 Å². The van der Waals surface area contributed by atoms with E-state index in [0.29, 0.717) is 28.0 Å². The van der Waals surface area contributed by atoms with Gasteiger partial charge in [-0.1, -0.05) is 0 Å². The smallest absolute Gasteiger partial charge is 0.159 e. The molecule has 0 saturated carbocycles. The molecule has 0 aliphatic heterocycles. The van der Waals surface area contributed by atoms with E-state index in [1.54, 1.807) is 12.1 Å². The zero-order valence-electron chi connectivity index (χ0n) is 8.50. The van der Waals surface area contributed by atoms with Crippen molar-refractivity contribution in [3.63, 3.8) is 0 Å². The number of rotatable bonds is 3. The molecule has 78 valence electrons. The van der Waals surface area contributed by atoms with Crippen LogP contribution >= 0.6 is 15.9 Å². The van der Waals surface area contributed by atoms with E-state index in [0.717, 1.165) is 0 Å². The van der Waals surface area contributed by atoms with Crippen LogP contribution in [0.15, 0.2) is 16.6 Å². The third-order valence-corrected chi connectivity index (χ3v) is 2.50. The van der Waals surface area contributed by atoms with Crippen LogP contribution in [0.3, 0.4) is 0 Å². The lowest BCUT2D eigenvalue weighted by Crippen LogP contribution is -1.99. The van der Waals surface area contributed by atoms with Crippen LogP contribution in [-0.4, -0.2) is 12.4 Å². The standard InChI is InChI=1S/C11H10BrNO2/c1-3-15-11-5-8(7(2)14)4-10(12)9(11)6-13/h4-5H,3H2,1-2H3. The number of nitrogens with zero attached hydrogens (tertiary/aromatic N) is 1. The summed E-state index contributed by atoms with van der Waals surface area (Å²) in [5.74, 6) is 0.390. The van der Waals surface area contributed by atoms with Crippen molar-refractivity contribution in [1.82, 2.24) is 0 Å². The minimum Gasteiger partial charge on any atom is -0.492 e. The number of carbonyl (C=O) groups excluding carboxylic acids is 1. The molecule has 0 fully saturated rings. The van der Waals surface area contributed by atoms with Gasteiger partial charge in [0.25, 0.3) is 0 Å². The first-order valence-electron chi connectivity index (χ1n) is 4.47. The summed E-state index contributed by atoms with van der Waals surface area (Å²) in [5, 5.41) is 8.91. The second kappa shape index (κ2) is 4.94. The van der Waals surface area contributed by atoms with Crippen molar-refractivity contribution in [1.29, 1.82) is 5.26 Å². The Hall–Kier alpha value is -1.34. The number of ether oxygens (including phenoxy) is 1. The molecule has 0 unspecified atom stereocenters. The van der Waals surface area contributed by atoms with Gasteiger partial charge in [0.05, 0.1) is 6.61 Å². The van der Waals surface area contributed by atoms with E-state index in [9.17, 15) is 4.79 Å². The van der Waals surface area contributed by atoms with Crippen molar-refractivity contribution in [2.75, 3.05) is 6.61 Å². The van der Waals surface area contributed by atoms with Crippen molar-refractivity contribution in [2.24, 2.45) is 0 Å². The number of nitriles is 1. The lowest BCUT2D eigenvalue weighted by Gasteiger charge is -2.08. The Labute approximate surface area is 96.8 Å². The maximum atomic E-state index is 11.2. The highest BCUT2D eigenvalue weighted by atomic mass is 79.9. The molecule has 0 heterocycles. The fraction of sp³-hybridized carbons (Fsp3) is 0.273. The molecule has 1 rings (SSSR count). The molecule has 0 aromatic heterocycles. The van der Waals surface area contributed by atoms with Gasteiger partial charge in [-0.25, -0.2) is 0 Å². The number of halogens is 1. The van der Waals surface area contributed by atoms with Crippen LogP contribution in [0.5, 0.6) is 5.75 Å². The quantitative estimate of drug-likeness (QED) is 0.792. The van der Waals surface area contributed by atoms with Gasteiger partial charge in [0.2, 0.25) is 0 Å². The van der Waals surface area contributed by atoms with Gasteiger partial charge in [-0.2, -0.15) is 5.26 Å². The van der Waals surface area contributed by atoms with Gasteiger partial charge in [0.15, 0.2) is 5.78 Å². The summed E-state index contributed by atoms with van der Waals surface area (Å²) >= 11 is 3.24. The average Bonchev–Trinajstić information content (AvgIpc) is 2.17. The highest BCUT2D eigenvalue weighted by Gasteiger charge is 2.11. The molecule has 0 bridgehead atoms. The SMILES string of the molecule is CCOc1cc(C(C)=O)cc(Br)c1C#N. The molecular formula is C11H10BrNO2. The summed E-state index contributed by atoms with van der Waals surface area (Å²) in [6.07, 6.45) is 0. The monoisotopic (exact) mass is 267 g/mol. The summed E-state index contributed by atoms with van der Waals surface area (Å²) in [6, 6.07) is 5.25. The number of hydrogen-bond acceptors (Lipinski definition) is 3. The Balaban J connectivity index is 3.33. The number of ketones is 1. The number of carbonyl (C=O) groups is 1. The minimum absolute atomic E-state index is 0.0545. The zero-order valence-corrected chi connectivity index (χ0v) is 10.1. The maximum absolute atomic E-state index is 11.2. The Morgan fingerprint density at radius 3 is 2.73 bits per heavy atom. The Morgan fingerprint density at radius 1 is 1.60 bits per heavy atom. The third kappa shape index (κ3) is 2.57. The topological polar surface area (TPSA) is 50.1 Å². The van der Waals surface area contributed by atoms with E-state index >= 15 is 0 Å². The lowest BCUT2D eigenvalue weighted by molar-refractivity contribution is 0.101. The van der Waals surface area contributed by atoms with E-state index < -0.39 is 0 Å². The van der Waals surface area contributed by atoms with Gasteiger partial charge in [-0.3, -0.25) is 4.79 Å². The second-order valence-electron chi connectivity index (χ2n) is 2.93. The molecule has 0 atom stereocenters. The van der Waals surface area contributed by atoms with Gasteiger partial charge in [-0.15, -0.1) is 0 Å². The number of benzene rings is 1. The van der Waals surface area contributed by atoms with Crippen LogP contribution in [0.2, 0.25) is 0 Å². The highest BCUT2D eigenvalue weighted by Crippen LogP contribution is 2.28. The molecule has 0 aliphatic carbocycles. The first kappa shape index (κ1) is 11.7. The second-order valence-corrected chi connectivity index (χ2v) is 3.79. The molecule has 15 heavy (non-hydrogen) atoms. The summed E-state index contributed by atoms with van der Waals surface area (Å²) in [7, 11) is 0. The molecule has 0 aliphatic rings. The van der Waals surface area contributed by atoms with E-state index in [4.69, 9.17) is 10.00 Å². The molecule has 0 amide bonds. The number of hydrogen-bond donors (Lipinski definition) is 0. The summed E-state index contributed by atoms with van der Waals surface area (Å²) in [4.78, 5) is 11.2. The lowest BCUT2D eigenvalue weighted by atomic mass is 10.1. The Kier molecular flexibility index (Phi) is 3.87. The fourth-order valence-electron chi connectivity index (χ4n) is 1.16. The van der Waals surface area contributed by atoms with Crippen LogP contribution in [-0.2, 0) is 0 Å². The zero-order chi connectivity index (χ0) is 11.4. The first-order valence-corrected chi connectivity index (χ1v) is 5.26. The molecule has 1 aromatic carbocycles. The fourth-order valence-corrected chi connectivity index (χ4v) is 1.69. The summed E-state index contributed by atoms with van der Waals surface area (Å²) in [6.45, 7) is 3.77. The van der Waals surface area contributed by atoms with E-state index in [1.165, 1.54) is 6.92 Å². The molecule has 3 nitrogen and oxygen atoms in total. The third-order valence-electron chi connectivity index (χ3n) is 1.87. The molecule has 0 spiro atoms. The van der Waals surface area contributed by atoms with Gasteiger partial charge in [0, 0.05) is 10.0 Å². The first-order chi connectivity index (χ1) is 7.10. The average molecular weight is 268 g/mol. The molecular weight excluding hydrogens is 258 g/mol. The van der Waals surface area contributed by atoms with Gasteiger partial charge >= 0.3 is 0 Å². The van der Waals surface area contributed by atoms with E-state index in [-0.39, 0.29) is 5.78 Å². The van der Waals surface area contributed by atoms with E-state index in [2.05, 4.69) is 15.9 Å². The van der Waals surface area contributed by atoms with Crippen molar-refractivity contribution in [2.45, 2.75) is 13.8 Å². The minimum atomic E-state index is -0.0545. The highest BCUT2D eigenvalue weighted by molar-refractivity contribution is 9.10. The Bertz CT molecular complexity index is 435. The molecule has 0 saturated heterocycles. The predicted octanol–water partition coefficient (Wildman–Crippen LogP) is 2.92. The number of Topliss-reactive ketones (excluding diaryl/α,β-unsaturated/α-hetero) is 1. The predicted molar refractivity (Wildman–Crippen MR) is 60.0 cm³/mol. The van der Waals surface area contributed by atoms with Crippen molar-refractivity contribution in [3.05, 3.63) is 27.7 Å². The van der Waals surface area contributed by atoms with Crippen LogP contribution in [0, 0.1) is 11.3 Å². The summed E-state index contributed by atoms with van der Waals surface area (Å²) < 4.78 is 5.88. The van der Waals surface area contributed by atoms with E-state index in [1.807, 2.05) is 13.0 Å². The van der Waals surface area contributed by atoms with Crippen molar-refractivity contribution < 1.29 is 9.53 Å². The molecule has 0 radical (unpaired) electrons. The van der Waals surface area contributed by atoms with Crippen LogP contribution in [0.25, 0.3) is 0 Å². The van der Waals surface area contributed by atoms with Gasteiger partial charge in [0.1, 0.15) is 17.4 Å². The van der Waals surface area contributed by atoms with Crippen LogP contribution < -0.4 is 4.74 Å². The summed E-state index contributed by atoms with van der Waals surface area (Å²) in [5.41, 5.74) is 0.950. The normalized spacial score (nSPS) is 9.47. The van der Waals surface area contributed by atoms with Crippen molar-refractivity contribution >= 4 is 21.7 Å². The van der Waals surface area contributed by atoms with Gasteiger partial charge < -0.3 is 4.74 Å². The van der Waals surface area contributed by atoms with Crippen molar-refractivity contribution in [3.8, 4) is 11.8 Å².